The third-order valence-corrected chi connectivity index (χ3v) is 5.37. The lowest BCUT2D eigenvalue weighted by atomic mass is 9.76. The lowest BCUT2D eigenvalue weighted by molar-refractivity contribution is -0.190. The Morgan fingerprint density at radius 3 is 2.52 bits per heavy atom. The zero-order valence-corrected chi connectivity index (χ0v) is 14.9. The Morgan fingerprint density at radius 2 is 1.96 bits per heavy atom. The summed E-state index contributed by atoms with van der Waals surface area (Å²) in [5.41, 5.74) is -2.35. The molecule has 0 aromatic rings. The van der Waals surface area contributed by atoms with E-state index in [1.54, 1.807) is 27.7 Å². The van der Waals surface area contributed by atoms with Gasteiger partial charge in [-0.2, -0.15) is 5.26 Å². The minimum Gasteiger partial charge on any atom is -0.458 e. The van der Waals surface area contributed by atoms with Crippen molar-refractivity contribution in [2.75, 3.05) is 0 Å². The first-order valence-electron chi connectivity index (χ1n) is 8.20. The van der Waals surface area contributed by atoms with Crippen LogP contribution in [0, 0.1) is 28.6 Å². The highest BCUT2D eigenvalue weighted by Gasteiger charge is 2.53. The molecule has 1 heterocycles. The molecule has 2 aliphatic rings. The highest BCUT2D eigenvalue weighted by atomic mass is 16.6. The lowest BCUT2D eigenvalue weighted by Gasteiger charge is -2.40. The van der Waals surface area contributed by atoms with Crippen molar-refractivity contribution in [1.82, 2.24) is 0 Å². The molecule has 1 aliphatic carbocycles. The van der Waals surface area contributed by atoms with Crippen molar-refractivity contribution < 1.29 is 28.6 Å². The maximum absolute atomic E-state index is 12.8. The summed E-state index contributed by atoms with van der Waals surface area (Å²) in [7, 11) is 0. The fraction of sp³-hybridized carbons (Fsp3) is 0.667. The van der Waals surface area contributed by atoms with Crippen LogP contribution in [0.2, 0.25) is 0 Å². The monoisotopic (exact) mass is 349 g/mol. The largest absolute Gasteiger partial charge is 0.458 e. The number of ether oxygens (including phenoxy) is 3. The first-order chi connectivity index (χ1) is 11.5. The van der Waals surface area contributed by atoms with E-state index in [4.69, 9.17) is 14.2 Å². The van der Waals surface area contributed by atoms with Crippen molar-refractivity contribution in [2.24, 2.45) is 17.3 Å². The standard InChI is InChI=1S/C18H23NO6/c1-6-13(20)25-18(4,5)17(2,3)16(22)24-14-11(9-19)7-10-8-12(14)23-15(10)21/h6,10-12,14H,1,7-8H2,2-5H3. The molecule has 4 atom stereocenters. The average molecular weight is 349 g/mol. The van der Waals surface area contributed by atoms with Crippen LogP contribution in [0.15, 0.2) is 12.7 Å². The minimum absolute atomic E-state index is 0.303. The van der Waals surface area contributed by atoms with Gasteiger partial charge in [-0.15, -0.1) is 0 Å². The Hall–Kier alpha value is -2.36. The van der Waals surface area contributed by atoms with Gasteiger partial charge < -0.3 is 14.2 Å². The molecule has 1 aliphatic heterocycles. The van der Waals surface area contributed by atoms with Gasteiger partial charge in [0.2, 0.25) is 0 Å². The van der Waals surface area contributed by atoms with Crippen LogP contribution >= 0.6 is 0 Å². The molecule has 1 saturated heterocycles. The van der Waals surface area contributed by atoms with Gasteiger partial charge in [0, 0.05) is 12.5 Å². The summed E-state index contributed by atoms with van der Waals surface area (Å²) in [4.78, 5) is 36.0. The molecular weight excluding hydrogens is 326 g/mol. The number of carbonyl (C=O) groups excluding carboxylic acids is 3. The van der Waals surface area contributed by atoms with E-state index in [1.807, 2.05) is 0 Å². The third-order valence-electron chi connectivity index (χ3n) is 5.37. The molecule has 25 heavy (non-hydrogen) atoms. The molecule has 0 N–H and O–H groups in total. The van der Waals surface area contributed by atoms with Crippen molar-refractivity contribution in [3.05, 3.63) is 12.7 Å². The van der Waals surface area contributed by atoms with E-state index in [0.717, 1.165) is 6.08 Å². The van der Waals surface area contributed by atoms with Gasteiger partial charge in [0.25, 0.3) is 0 Å². The summed E-state index contributed by atoms with van der Waals surface area (Å²) in [5, 5.41) is 9.35. The number of nitrogens with zero attached hydrogens (tertiary/aromatic N) is 1. The molecule has 7 heteroatoms. The highest BCUT2D eigenvalue weighted by Crippen LogP contribution is 2.42. The molecule has 7 nitrogen and oxygen atoms in total. The molecule has 2 fully saturated rings. The number of fused-ring (bicyclic) bond motifs is 2. The van der Waals surface area contributed by atoms with Gasteiger partial charge in [0.05, 0.1) is 17.9 Å². The Morgan fingerprint density at radius 1 is 1.32 bits per heavy atom. The van der Waals surface area contributed by atoms with E-state index in [1.165, 1.54) is 0 Å². The number of hydrogen-bond acceptors (Lipinski definition) is 7. The number of carbonyl (C=O) groups is 3. The van der Waals surface area contributed by atoms with E-state index >= 15 is 0 Å². The molecule has 0 amide bonds. The summed E-state index contributed by atoms with van der Waals surface area (Å²) < 4.78 is 16.1. The van der Waals surface area contributed by atoms with E-state index in [2.05, 4.69) is 12.6 Å². The van der Waals surface area contributed by atoms with Crippen LogP contribution in [0.3, 0.4) is 0 Å². The van der Waals surface area contributed by atoms with Gasteiger partial charge in [0.1, 0.15) is 17.1 Å². The SMILES string of the molecule is C=CC(=O)OC(C)(C)C(C)(C)C(=O)OC1C(C#N)CC2CC1OC2=O. The second-order valence-electron chi connectivity index (χ2n) is 7.51. The molecular formula is C18H23NO6. The molecule has 0 radical (unpaired) electrons. The molecule has 0 aromatic carbocycles. The summed E-state index contributed by atoms with van der Waals surface area (Å²) in [6.07, 6.45) is 0.372. The van der Waals surface area contributed by atoms with Gasteiger partial charge in [0.15, 0.2) is 6.10 Å². The van der Waals surface area contributed by atoms with Crippen molar-refractivity contribution >= 4 is 17.9 Å². The number of nitriles is 1. The van der Waals surface area contributed by atoms with Crippen molar-refractivity contribution in [2.45, 2.75) is 58.3 Å². The zero-order chi connectivity index (χ0) is 19.0. The highest BCUT2D eigenvalue weighted by molar-refractivity contribution is 5.83. The summed E-state index contributed by atoms with van der Waals surface area (Å²) in [5.74, 6) is -2.52. The maximum Gasteiger partial charge on any atom is 0.330 e. The molecule has 1 saturated carbocycles. The molecule has 0 spiro atoms. The molecule has 136 valence electrons. The van der Waals surface area contributed by atoms with Crippen LogP contribution in [-0.2, 0) is 28.6 Å². The van der Waals surface area contributed by atoms with Crippen LogP contribution in [0.25, 0.3) is 0 Å². The second kappa shape index (κ2) is 6.51. The number of hydrogen-bond donors (Lipinski definition) is 0. The van der Waals surface area contributed by atoms with Crippen molar-refractivity contribution in [1.29, 1.82) is 5.26 Å². The normalized spacial score (nSPS) is 28.5. The number of rotatable bonds is 5. The molecule has 2 rings (SSSR count). The molecule has 0 aromatic heterocycles. The Balaban J connectivity index is 2.16. The Bertz CT molecular complexity index is 644. The average Bonchev–Trinajstić information content (AvgIpc) is 2.84. The van der Waals surface area contributed by atoms with Gasteiger partial charge >= 0.3 is 17.9 Å². The maximum atomic E-state index is 12.8. The predicted molar refractivity (Wildman–Crippen MR) is 85.7 cm³/mol. The second-order valence-corrected chi connectivity index (χ2v) is 7.51. The predicted octanol–water partition coefficient (Wildman–Crippen LogP) is 1.91. The van der Waals surface area contributed by atoms with Gasteiger partial charge in [-0.3, -0.25) is 9.59 Å². The number of esters is 3. The Labute approximate surface area is 146 Å². The van der Waals surface area contributed by atoms with Gasteiger partial charge in [-0.05, 0) is 34.1 Å². The minimum atomic E-state index is -1.19. The molecule has 4 unspecified atom stereocenters. The topological polar surface area (TPSA) is 103 Å². The van der Waals surface area contributed by atoms with E-state index in [0.29, 0.717) is 12.8 Å². The van der Waals surface area contributed by atoms with Crippen LogP contribution < -0.4 is 0 Å². The van der Waals surface area contributed by atoms with Crippen LogP contribution in [0.1, 0.15) is 40.5 Å². The van der Waals surface area contributed by atoms with E-state index in [9.17, 15) is 19.6 Å². The van der Waals surface area contributed by atoms with Gasteiger partial charge in [-0.25, -0.2) is 4.79 Å². The summed E-state index contributed by atoms with van der Waals surface area (Å²) in [6.45, 7) is 9.74. The zero-order valence-electron chi connectivity index (χ0n) is 14.9. The summed E-state index contributed by atoms with van der Waals surface area (Å²) >= 11 is 0. The van der Waals surface area contributed by atoms with Crippen molar-refractivity contribution in [3.63, 3.8) is 0 Å². The molecule has 2 bridgehead atoms. The van der Waals surface area contributed by atoms with E-state index in [-0.39, 0.29) is 11.9 Å². The van der Waals surface area contributed by atoms with Crippen LogP contribution in [0.5, 0.6) is 0 Å². The first kappa shape index (κ1) is 19.0. The smallest absolute Gasteiger partial charge is 0.330 e. The lowest BCUT2D eigenvalue weighted by Crippen LogP contribution is -2.51. The van der Waals surface area contributed by atoms with E-state index < -0.39 is 41.1 Å². The van der Waals surface area contributed by atoms with Crippen LogP contribution in [-0.4, -0.2) is 35.7 Å². The first-order valence-corrected chi connectivity index (χ1v) is 8.20. The summed E-state index contributed by atoms with van der Waals surface area (Å²) in [6, 6.07) is 2.10. The quantitative estimate of drug-likeness (QED) is 0.424. The van der Waals surface area contributed by atoms with Crippen LogP contribution in [0.4, 0.5) is 0 Å². The third kappa shape index (κ3) is 3.39. The fourth-order valence-corrected chi connectivity index (χ4v) is 2.99. The van der Waals surface area contributed by atoms with Crippen molar-refractivity contribution in [3.8, 4) is 6.07 Å². The Kier molecular flexibility index (Phi) is 4.94. The fourth-order valence-electron chi connectivity index (χ4n) is 2.99. The van der Waals surface area contributed by atoms with Gasteiger partial charge in [-0.1, -0.05) is 6.58 Å².